The first-order chi connectivity index (χ1) is 13.8. The van der Waals surface area contributed by atoms with E-state index >= 15 is 0 Å². The number of aromatic nitrogens is 1. The molecule has 2 N–H and O–H groups in total. The molecule has 29 heavy (non-hydrogen) atoms. The molecule has 0 aliphatic carbocycles. The number of hydroxylamine groups is 1. The summed E-state index contributed by atoms with van der Waals surface area (Å²) >= 11 is 0. The topological polar surface area (TPSA) is 83.8 Å². The first-order valence-corrected chi connectivity index (χ1v) is 9.68. The third kappa shape index (κ3) is 4.45. The summed E-state index contributed by atoms with van der Waals surface area (Å²) in [6, 6.07) is 8.74. The number of hydrogen-bond donors (Lipinski definition) is 2. The van der Waals surface area contributed by atoms with Crippen LogP contribution < -0.4 is 5.48 Å². The summed E-state index contributed by atoms with van der Waals surface area (Å²) in [5.41, 5.74) is 5.23. The van der Waals surface area contributed by atoms with Crippen LogP contribution in [-0.2, 0) is 9.63 Å². The first kappa shape index (κ1) is 20.9. The molecule has 0 spiro atoms. The molecule has 2 aromatic rings. The second-order valence-electron chi connectivity index (χ2n) is 7.86. The summed E-state index contributed by atoms with van der Waals surface area (Å²) in [5.74, 6) is -0.785. The molecule has 1 aromatic heterocycles. The summed E-state index contributed by atoms with van der Waals surface area (Å²) in [7, 11) is 0. The Morgan fingerprint density at radius 2 is 1.97 bits per heavy atom. The van der Waals surface area contributed by atoms with Crippen molar-refractivity contribution in [1.29, 1.82) is 0 Å². The van der Waals surface area contributed by atoms with Crippen LogP contribution in [-0.4, -0.2) is 27.9 Å². The van der Waals surface area contributed by atoms with Crippen molar-refractivity contribution in [2.24, 2.45) is 10.6 Å². The molecular weight excluding hydrogens is 373 g/mol. The van der Waals surface area contributed by atoms with Crippen molar-refractivity contribution in [2.45, 2.75) is 53.1 Å². The van der Waals surface area contributed by atoms with Crippen LogP contribution in [0.4, 0.5) is 4.39 Å². The number of pyridine rings is 1. The normalized spacial score (nSPS) is 18.0. The average molecular weight is 399 g/mol. The molecule has 0 fully saturated rings. The Morgan fingerprint density at radius 3 is 2.55 bits per heavy atom. The third-order valence-corrected chi connectivity index (χ3v) is 5.54. The van der Waals surface area contributed by atoms with E-state index in [9.17, 15) is 9.18 Å². The molecule has 7 heteroatoms. The van der Waals surface area contributed by atoms with Crippen molar-refractivity contribution in [1.82, 2.24) is 10.5 Å². The number of aryl methyl sites for hydroxylation is 2. The van der Waals surface area contributed by atoms with Gasteiger partial charge in [-0.3, -0.25) is 15.0 Å². The van der Waals surface area contributed by atoms with Crippen LogP contribution in [0.1, 0.15) is 50.1 Å². The van der Waals surface area contributed by atoms with E-state index in [0.29, 0.717) is 36.1 Å². The summed E-state index contributed by atoms with van der Waals surface area (Å²) in [6.07, 6.45) is 1.11. The highest BCUT2D eigenvalue weighted by Crippen LogP contribution is 2.33. The van der Waals surface area contributed by atoms with Gasteiger partial charge in [-0.1, -0.05) is 31.1 Å². The van der Waals surface area contributed by atoms with Crippen LogP contribution in [0.3, 0.4) is 0 Å². The van der Waals surface area contributed by atoms with Crippen LogP contribution in [0.15, 0.2) is 35.5 Å². The Bertz CT molecular complexity index is 940. The van der Waals surface area contributed by atoms with E-state index in [2.05, 4.69) is 10.1 Å². The highest BCUT2D eigenvalue weighted by atomic mass is 19.1. The number of hydrogen-bond acceptors (Lipinski definition) is 5. The standard InChI is InChI=1S/C22H26FN3O3/c1-5-22(4,21(27)25-28)12-17-11-20(26-29-17)15-6-7-18(19(23)10-15)16-8-13(2)24-14(3)9-16/h6-10,17,28H,5,11-12H2,1-4H3,(H,25,27)/t17-,22-/m1/s1. The van der Waals surface area contributed by atoms with Crippen LogP contribution in [0.5, 0.6) is 0 Å². The SMILES string of the molecule is CC[C@](C)(C[C@H]1CC(c2ccc(-c3cc(C)nc(C)c3)c(F)c2)=NO1)C(=O)NO. The van der Waals surface area contributed by atoms with Crippen molar-refractivity contribution in [3.63, 3.8) is 0 Å². The number of carbonyl (C=O) groups excluding carboxylic acids is 1. The molecule has 0 radical (unpaired) electrons. The van der Waals surface area contributed by atoms with Gasteiger partial charge < -0.3 is 4.84 Å². The Balaban J connectivity index is 1.76. The summed E-state index contributed by atoms with van der Waals surface area (Å²) in [4.78, 5) is 21.8. The van der Waals surface area contributed by atoms with E-state index in [1.807, 2.05) is 39.0 Å². The van der Waals surface area contributed by atoms with E-state index < -0.39 is 11.3 Å². The Labute approximate surface area is 169 Å². The van der Waals surface area contributed by atoms with Gasteiger partial charge in [-0.25, -0.2) is 9.87 Å². The molecule has 1 amide bonds. The van der Waals surface area contributed by atoms with Gasteiger partial charge in [0.1, 0.15) is 11.9 Å². The molecule has 0 bridgehead atoms. The van der Waals surface area contributed by atoms with Crippen LogP contribution in [0.25, 0.3) is 11.1 Å². The number of carbonyl (C=O) groups is 1. The van der Waals surface area contributed by atoms with Crippen molar-refractivity contribution < 1.29 is 19.2 Å². The number of nitrogens with one attached hydrogen (secondary N) is 1. The molecule has 0 saturated carbocycles. The molecule has 1 aliphatic rings. The Kier molecular flexibility index (Phi) is 5.98. The molecule has 1 aliphatic heterocycles. The van der Waals surface area contributed by atoms with Crippen molar-refractivity contribution >= 4 is 11.6 Å². The van der Waals surface area contributed by atoms with Gasteiger partial charge in [0.2, 0.25) is 5.91 Å². The Morgan fingerprint density at radius 1 is 1.28 bits per heavy atom. The number of benzene rings is 1. The zero-order valence-corrected chi connectivity index (χ0v) is 17.1. The minimum absolute atomic E-state index is 0.305. The lowest BCUT2D eigenvalue weighted by Crippen LogP contribution is -2.39. The molecular formula is C22H26FN3O3. The van der Waals surface area contributed by atoms with E-state index in [1.165, 1.54) is 6.07 Å². The number of nitrogens with zero attached hydrogens (tertiary/aromatic N) is 2. The molecule has 154 valence electrons. The zero-order valence-electron chi connectivity index (χ0n) is 17.1. The molecule has 6 nitrogen and oxygen atoms in total. The van der Waals surface area contributed by atoms with Gasteiger partial charge in [0.05, 0.1) is 11.1 Å². The fraction of sp³-hybridized carbons (Fsp3) is 0.409. The second-order valence-corrected chi connectivity index (χ2v) is 7.86. The molecule has 0 saturated heterocycles. The smallest absolute Gasteiger partial charge is 0.249 e. The predicted molar refractivity (Wildman–Crippen MR) is 108 cm³/mol. The lowest BCUT2D eigenvalue weighted by atomic mass is 9.80. The van der Waals surface area contributed by atoms with Crippen molar-refractivity contribution in [3.05, 3.63) is 53.1 Å². The van der Waals surface area contributed by atoms with Crippen LogP contribution in [0, 0.1) is 25.1 Å². The van der Waals surface area contributed by atoms with Crippen molar-refractivity contribution in [3.8, 4) is 11.1 Å². The summed E-state index contributed by atoms with van der Waals surface area (Å²) in [6.45, 7) is 7.42. The highest BCUT2D eigenvalue weighted by Gasteiger charge is 2.37. The monoisotopic (exact) mass is 399 g/mol. The number of amides is 1. The first-order valence-electron chi connectivity index (χ1n) is 9.68. The number of halogens is 1. The van der Waals surface area contributed by atoms with Gasteiger partial charge in [0.25, 0.3) is 0 Å². The third-order valence-electron chi connectivity index (χ3n) is 5.54. The van der Waals surface area contributed by atoms with E-state index in [4.69, 9.17) is 10.0 Å². The highest BCUT2D eigenvalue weighted by molar-refractivity contribution is 6.01. The van der Waals surface area contributed by atoms with Gasteiger partial charge in [-0.2, -0.15) is 0 Å². The quantitative estimate of drug-likeness (QED) is 0.560. The van der Waals surface area contributed by atoms with Crippen LogP contribution >= 0.6 is 0 Å². The molecule has 1 aromatic carbocycles. The second kappa shape index (κ2) is 8.29. The fourth-order valence-corrected chi connectivity index (χ4v) is 3.66. The maximum atomic E-state index is 14.8. The minimum atomic E-state index is -0.767. The summed E-state index contributed by atoms with van der Waals surface area (Å²) < 4.78 is 14.8. The number of rotatable bonds is 6. The number of oxime groups is 1. The molecule has 2 heterocycles. The van der Waals surface area contributed by atoms with Gasteiger partial charge in [0.15, 0.2) is 0 Å². The summed E-state index contributed by atoms with van der Waals surface area (Å²) in [5, 5.41) is 13.1. The largest absolute Gasteiger partial charge is 0.392 e. The molecule has 0 unspecified atom stereocenters. The predicted octanol–water partition coefficient (Wildman–Crippen LogP) is 4.31. The van der Waals surface area contributed by atoms with Gasteiger partial charge >= 0.3 is 0 Å². The van der Waals surface area contributed by atoms with E-state index in [-0.39, 0.29) is 11.9 Å². The van der Waals surface area contributed by atoms with Crippen LogP contribution in [0.2, 0.25) is 0 Å². The zero-order chi connectivity index (χ0) is 21.2. The minimum Gasteiger partial charge on any atom is -0.392 e. The van der Waals surface area contributed by atoms with E-state index in [1.54, 1.807) is 18.5 Å². The fourth-order valence-electron chi connectivity index (χ4n) is 3.66. The maximum Gasteiger partial charge on any atom is 0.249 e. The van der Waals surface area contributed by atoms with E-state index in [0.717, 1.165) is 17.0 Å². The molecule has 2 atom stereocenters. The van der Waals surface area contributed by atoms with Crippen molar-refractivity contribution in [2.75, 3.05) is 0 Å². The lowest BCUT2D eigenvalue weighted by molar-refractivity contribution is -0.141. The van der Waals surface area contributed by atoms with Gasteiger partial charge in [-0.15, -0.1) is 0 Å². The van der Waals surface area contributed by atoms with Gasteiger partial charge in [0, 0.05) is 35.4 Å². The molecule has 3 rings (SSSR count). The van der Waals surface area contributed by atoms with Gasteiger partial charge in [-0.05, 0) is 44.0 Å². The maximum absolute atomic E-state index is 14.8. The average Bonchev–Trinajstić information content (AvgIpc) is 3.14. The lowest BCUT2D eigenvalue weighted by Gasteiger charge is -2.27. The Hall–Kier alpha value is -2.80.